The van der Waals surface area contributed by atoms with E-state index in [0.717, 1.165) is 26.1 Å². The zero-order chi connectivity index (χ0) is 27.5. The molecule has 6 nitrogen and oxygen atoms in total. The van der Waals surface area contributed by atoms with Crippen LogP contribution in [0.4, 0.5) is 0 Å². The van der Waals surface area contributed by atoms with Gasteiger partial charge in [-0.3, -0.25) is 9.36 Å². The van der Waals surface area contributed by atoms with E-state index in [4.69, 9.17) is 14.5 Å². The molecule has 1 aromatic heterocycles. The zero-order valence-electron chi connectivity index (χ0n) is 21.5. The lowest BCUT2D eigenvalue weighted by molar-refractivity contribution is -0.138. The molecule has 0 bridgehead atoms. The predicted molar refractivity (Wildman–Crippen MR) is 160 cm³/mol. The summed E-state index contributed by atoms with van der Waals surface area (Å²) in [6, 6.07) is 22.3. The molecule has 1 aliphatic rings. The third kappa shape index (κ3) is 5.39. The van der Waals surface area contributed by atoms with Gasteiger partial charge >= 0.3 is 5.97 Å². The number of ether oxygens (including phenoxy) is 2. The maximum Gasteiger partial charge on any atom is 0.338 e. The summed E-state index contributed by atoms with van der Waals surface area (Å²) in [4.78, 5) is 34.0. The van der Waals surface area contributed by atoms with Crippen molar-refractivity contribution >= 4 is 56.8 Å². The third-order valence-corrected chi connectivity index (χ3v) is 8.50. The molecule has 0 spiro atoms. The van der Waals surface area contributed by atoms with Crippen LogP contribution in [-0.4, -0.2) is 30.5 Å². The van der Waals surface area contributed by atoms with E-state index in [2.05, 4.69) is 15.9 Å². The van der Waals surface area contributed by atoms with Crippen LogP contribution in [0.1, 0.15) is 29.7 Å². The molecule has 0 aliphatic carbocycles. The van der Waals surface area contributed by atoms with Crippen molar-refractivity contribution in [3.05, 3.63) is 119 Å². The molecular formula is C30H25BrN2O4S2. The number of benzene rings is 3. The number of carbonyl (C=O) groups is 1. The topological polar surface area (TPSA) is 69.9 Å². The molecule has 0 N–H and O–H groups in total. The van der Waals surface area contributed by atoms with E-state index in [-0.39, 0.29) is 12.2 Å². The number of fused-ring (bicyclic) bond motifs is 1. The number of esters is 1. The molecule has 0 radical (unpaired) electrons. The lowest BCUT2D eigenvalue weighted by Gasteiger charge is -2.26. The fraction of sp³-hybridized carbons (Fsp3) is 0.167. The number of nitrogens with zero attached hydrogens (tertiary/aromatic N) is 2. The van der Waals surface area contributed by atoms with Crippen molar-refractivity contribution in [2.45, 2.75) is 17.9 Å². The smallest absolute Gasteiger partial charge is 0.338 e. The number of rotatable bonds is 7. The van der Waals surface area contributed by atoms with Gasteiger partial charge in [0.15, 0.2) is 4.80 Å². The molecule has 4 aromatic rings. The molecule has 0 saturated carbocycles. The number of thioether (sulfide) groups is 1. The van der Waals surface area contributed by atoms with Crippen LogP contribution >= 0.6 is 39.0 Å². The van der Waals surface area contributed by atoms with E-state index in [9.17, 15) is 9.59 Å². The molecule has 0 saturated heterocycles. The van der Waals surface area contributed by atoms with Gasteiger partial charge in [0.1, 0.15) is 5.75 Å². The highest BCUT2D eigenvalue weighted by Crippen LogP contribution is 2.35. The fourth-order valence-corrected chi connectivity index (χ4v) is 6.28. The van der Waals surface area contributed by atoms with Crippen molar-refractivity contribution < 1.29 is 14.3 Å². The molecule has 2 heterocycles. The molecule has 1 atom stereocenters. The molecule has 0 unspecified atom stereocenters. The van der Waals surface area contributed by atoms with E-state index in [1.54, 1.807) is 36.4 Å². The van der Waals surface area contributed by atoms with Crippen LogP contribution in [0.3, 0.4) is 0 Å². The lowest BCUT2D eigenvalue weighted by Crippen LogP contribution is -2.40. The number of hydrogen-bond acceptors (Lipinski definition) is 7. The van der Waals surface area contributed by atoms with Gasteiger partial charge in [-0.05, 0) is 55.2 Å². The molecule has 1 aliphatic heterocycles. The van der Waals surface area contributed by atoms with Gasteiger partial charge in [-0.1, -0.05) is 69.7 Å². The van der Waals surface area contributed by atoms with Crippen LogP contribution in [0.5, 0.6) is 5.75 Å². The molecule has 0 fully saturated rings. The van der Waals surface area contributed by atoms with Gasteiger partial charge in [0, 0.05) is 20.5 Å². The summed E-state index contributed by atoms with van der Waals surface area (Å²) in [6.07, 6.45) is 3.81. The average molecular weight is 622 g/mol. The summed E-state index contributed by atoms with van der Waals surface area (Å²) in [6.45, 7) is 1.97. The molecule has 0 amide bonds. The van der Waals surface area contributed by atoms with Crippen molar-refractivity contribution in [2.24, 2.45) is 4.99 Å². The van der Waals surface area contributed by atoms with Crippen molar-refractivity contribution in [2.75, 3.05) is 20.0 Å². The zero-order valence-corrected chi connectivity index (χ0v) is 24.7. The number of thiazole rings is 1. The normalized spacial score (nSPS) is 15.1. The Morgan fingerprint density at radius 1 is 1.13 bits per heavy atom. The van der Waals surface area contributed by atoms with Crippen LogP contribution in [0.25, 0.3) is 11.8 Å². The van der Waals surface area contributed by atoms with Crippen LogP contribution in [-0.2, 0) is 9.53 Å². The largest absolute Gasteiger partial charge is 0.496 e. The van der Waals surface area contributed by atoms with Crippen molar-refractivity contribution in [3.8, 4) is 5.75 Å². The minimum absolute atomic E-state index is 0.204. The third-order valence-electron chi connectivity index (χ3n) is 6.28. The number of halogens is 1. The van der Waals surface area contributed by atoms with Crippen molar-refractivity contribution in [3.63, 3.8) is 0 Å². The summed E-state index contributed by atoms with van der Waals surface area (Å²) < 4.78 is 14.0. The van der Waals surface area contributed by atoms with E-state index in [0.29, 0.717) is 26.4 Å². The van der Waals surface area contributed by atoms with Gasteiger partial charge in [-0.15, -0.1) is 11.8 Å². The number of methoxy groups -OCH3 is 1. The van der Waals surface area contributed by atoms with Crippen molar-refractivity contribution in [1.29, 1.82) is 0 Å². The summed E-state index contributed by atoms with van der Waals surface area (Å²) in [7, 11) is 1.60. The summed E-state index contributed by atoms with van der Waals surface area (Å²) in [5, 5.41) is 0. The van der Waals surface area contributed by atoms with Crippen molar-refractivity contribution in [1.82, 2.24) is 4.57 Å². The first-order chi connectivity index (χ1) is 18.9. The van der Waals surface area contributed by atoms with E-state index in [1.165, 1.54) is 11.3 Å². The average Bonchev–Trinajstić information content (AvgIpc) is 3.27. The van der Waals surface area contributed by atoms with Gasteiger partial charge in [0.2, 0.25) is 0 Å². The Balaban J connectivity index is 1.83. The van der Waals surface area contributed by atoms with E-state index >= 15 is 0 Å². The van der Waals surface area contributed by atoms with E-state index < -0.39 is 12.0 Å². The van der Waals surface area contributed by atoms with Crippen LogP contribution < -0.4 is 19.6 Å². The Kier molecular flexibility index (Phi) is 8.20. The Labute approximate surface area is 242 Å². The van der Waals surface area contributed by atoms with E-state index in [1.807, 2.05) is 79.1 Å². The minimum atomic E-state index is -0.710. The fourth-order valence-electron chi connectivity index (χ4n) is 4.50. The first kappa shape index (κ1) is 27.2. The summed E-state index contributed by atoms with van der Waals surface area (Å²) in [5.74, 6) is 0.146. The second-order valence-electron chi connectivity index (χ2n) is 8.59. The molecule has 198 valence electrons. The molecule has 9 heteroatoms. The monoisotopic (exact) mass is 620 g/mol. The Morgan fingerprint density at radius 2 is 1.87 bits per heavy atom. The van der Waals surface area contributed by atoms with Gasteiger partial charge in [-0.2, -0.15) is 0 Å². The van der Waals surface area contributed by atoms with Gasteiger partial charge in [0.25, 0.3) is 5.56 Å². The highest BCUT2D eigenvalue weighted by atomic mass is 79.9. The van der Waals surface area contributed by atoms with Gasteiger partial charge < -0.3 is 9.47 Å². The number of aromatic nitrogens is 1. The first-order valence-corrected chi connectivity index (χ1v) is 15.0. The van der Waals surface area contributed by atoms with Crippen LogP contribution in [0.2, 0.25) is 0 Å². The highest BCUT2D eigenvalue weighted by molar-refractivity contribution is 9.10. The molecule has 39 heavy (non-hydrogen) atoms. The second-order valence-corrected chi connectivity index (χ2v) is 11.4. The Morgan fingerprint density at radius 3 is 2.54 bits per heavy atom. The highest BCUT2D eigenvalue weighted by Gasteiger charge is 2.35. The maximum absolute atomic E-state index is 14.0. The van der Waals surface area contributed by atoms with Gasteiger partial charge in [-0.25, -0.2) is 9.79 Å². The number of carbonyl (C=O) groups excluding carboxylic acids is 1. The molecule has 5 rings (SSSR count). The standard InChI is InChI=1S/C30H25BrN2O4S2/c1-4-37-29(35)25-26(18-8-6-5-7-9-18)32-30-33(27(25)19-10-13-22(38-3)14-11-19)28(34)24(39-30)17-20-16-21(31)12-15-23(20)36-2/h5-17,27H,4H2,1-3H3/b24-17-/t27-/m0/s1. The Hall–Kier alpha value is -3.40. The Bertz CT molecular complexity index is 1740. The summed E-state index contributed by atoms with van der Waals surface area (Å²) in [5.41, 5.74) is 2.92. The number of hydrogen-bond donors (Lipinski definition) is 0. The quantitative estimate of drug-likeness (QED) is 0.204. The molecule has 3 aromatic carbocycles. The molecular weight excluding hydrogens is 596 g/mol. The SMILES string of the molecule is CCOC(=O)C1=C(c2ccccc2)N=c2s/c(=C\c3cc(Br)ccc3OC)c(=O)n2[C@H]1c1ccc(SC)cc1. The van der Waals surface area contributed by atoms with Gasteiger partial charge in [0.05, 0.1) is 35.6 Å². The first-order valence-electron chi connectivity index (χ1n) is 12.2. The van der Waals surface area contributed by atoms with Crippen LogP contribution in [0, 0.1) is 0 Å². The van der Waals surface area contributed by atoms with Crippen LogP contribution in [0.15, 0.2) is 97.5 Å². The summed E-state index contributed by atoms with van der Waals surface area (Å²) >= 11 is 6.41. The second kappa shape index (κ2) is 11.8. The predicted octanol–water partition coefficient (Wildman–Crippen LogP) is 5.43. The maximum atomic E-state index is 14.0. The minimum Gasteiger partial charge on any atom is -0.496 e. The lowest BCUT2D eigenvalue weighted by atomic mass is 9.93.